The van der Waals surface area contributed by atoms with Gasteiger partial charge in [0.15, 0.2) is 5.65 Å². The molecule has 0 spiro atoms. The van der Waals surface area contributed by atoms with Crippen LogP contribution in [0.25, 0.3) is 5.65 Å². The van der Waals surface area contributed by atoms with E-state index in [1.807, 2.05) is 6.92 Å². The number of esters is 1. The molecule has 2 aromatic heterocycles. The number of methoxy groups -OCH3 is 1. The topological polar surface area (TPSA) is 69.6 Å². The van der Waals surface area contributed by atoms with Gasteiger partial charge in [-0.05, 0) is 13.0 Å². The van der Waals surface area contributed by atoms with E-state index in [1.165, 1.54) is 13.2 Å². The molecule has 0 radical (unpaired) electrons. The van der Waals surface area contributed by atoms with Crippen LogP contribution in [-0.4, -0.2) is 22.5 Å². The minimum absolute atomic E-state index is 0.234. The number of rotatable bonds is 1. The van der Waals surface area contributed by atoms with Gasteiger partial charge in [-0.1, -0.05) is 11.6 Å². The number of carbonyl (C=O) groups is 1. The van der Waals surface area contributed by atoms with Gasteiger partial charge in [0.05, 0.1) is 17.8 Å². The van der Waals surface area contributed by atoms with Crippen LogP contribution in [0.4, 0.5) is 5.82 Å². The van der Waals surface area contributed by atoms with Crippen molar-refractivity contribution in [3.05, 3.63) is 28.5 Å². The zero-order valence-corrected chi connectivity index (χ0v) is 9.58. The molecule has 0 bridgehead atoms. The number of carbonyl (C=O) groups excluding carboxylic acids is 1. The van der Waals surface area contributed by atoms with Crippen molar-refractivity contribution in [3.63, 3.8) is 0 Å². The van der Waals surface area contributed by atoms with Gasteiger partial charge < -0.3 is 10.5 Å². The highest BCUT2D eigenvalue weighted by atomic mass is 35.5. The summed E-state index contributed by atoms with van der Waals surface area (Å²) in [5, 5.41) is 0.364. The molecule has 2 N–H and O–H groups in total. The monoisotopic (exact) mass is 239 g/mol. The normalized spacial score (nSPS) is 10.7. The summed E-state index contributed by atoms with van der Waals surface area (Å²) in [6.07, 6.45) is 1.71. The average Bonchev–Trinajstić information content (AvgIpc) is 2.65. The Morgan fingerprint density at radius 2 is 2.31 bits per heavy atom. The number of hydrogen-bond donors (Lipinski definition) is 1. The number of aryl methyl sites for hydroxylation is 1. The van der Waals surface area contributed by atoms with Crippen molar-refractivity contribution >= 4 is 29.0 Å². The Morgan fingerprint density at radius 3 is 2.94 bits per heavy atom. The lowest BCUT2D eigenvalue weighted by Gasteiger charge is -2.07. The summed E-state index contributed by atoms with van der Waals surface area (Å²) < 4.78 is 6.19. The van der Waals surface area contributed by atoms with Crippen molar-refractivity contribution < 1.29 is 9.53 Å². The van der Waals surface area contributed by atoms with Crippen molar-refractivity contribution in [1.29, 1.82) is 0 Å². The third-order valence-electron chi connectivity index (χ3n) is 2.25. The number of hydrogen-bond acceptors (Lipinski definition) is 4. The van der Waals surface area contributed by atoms with Crippen molar-refractivity contribution in [2.75, 3.05) is 12.8 Å². The summed E-state index contributed by atoms with van der Waals surface area (Å²) in [4.78, 5) is 15.6. The first-order valence-corrected chi connectivity index (χ1v) is 4.94. The number of anilines is 1. The van der Waals surface area contributed by atoms with Crippen molar-refractivity contribution in [2.45, 2.75) is 6.92 Å². The van der Waals surface area contributed by atoms with E-state index in [0.29, 0.717) is 10.7 Å². The van der Waals surface area contributed by atoms with Crippen molar-refractivity contribution in [1.82, 2.24) is 9.38 Å². The molecule has 0 amide bonds. The molecular formula is C10H10ClN3O2. The van der Waals surface area contributed by atoms with E-state index in [4.69, 9.17) is 17.3 Å². The summed E-state index contributed by atoms with van der Waals surface area (Å²) in [7, 11) is 1.29. The highest BCUT2D eigenvalue weighted by molar-refractivity contribution is 6.34. The van der Waals surface area contributed by atoms with Crippen LogP contribution in [0.15, 0.2) is 12.3 Å². The number of nitrogens with zero attached hydrogens (tertiary/aromatic N) is 2. The molecule has 6 heteroatoms. The summed E-state index contributed by atoms with van der Waals surface area (Å²) in [6, 6.07) is 1.46. The highest BCUT2D eigenvalue weighted by Crippen LogP contribution is 2.24. The van der Waals surface area contributed by atoms with Crippen LogP contribution in [0, 0.1) is 6.92 Å². The molecule has 0 aromatic carbocycles. The van der Waals surface area contributed by atoms with Gasteiger partial charge in [0.1, 0.15) is 11.4 Å². The Morgan fingerprint density at radius 1 is 1.62 bits per heavy atom. The Kier molecular flexibility index (Phi) is 2.47. The fourth-order valence-electron chi connectivity index (χ4n) is 1.52. The molecule has 0 unspecified atom stereocenters. The van der Waals surface area contributed by atoms with Crippen molar-refractivity contribution in [3.8, 4) is 0 Å². The third kappa shape index (κ3) is 1.49. The quantitative estimate of drug-likeness (QED) is 0.769. The first kappa shape index (κ1) is 10.8. The van der Waals surface area contributed by atoms with Gasteiger partial charge in [0.25, 0.3) is 0 Å². The maximum Gasteiger partial charge on any atom is 0.341 e. The number of aromatic nitrogens is 2. The Labute approximate surface area is 96.8 Å². The van der Waals surface area contributed by atoms with Gasteiger partial charge in [-0.15, -0.1) is 0 Å². The largest absolute Gasteiger partial charge is 0.465 e. The van der Waals surface area contributed by atoms with Crippen molar-refractivity contribution in [2.24, 2.45) is 0 Å². The lowest BCUT2D eigenvalue weighted by molar-refractivity contribution is 0.0601. The van der Waals surface area contributed by atoms with Crippen LogP contribution in [-0.2, 0) is 4.74 Å². The maximum absolute atomic E-state index is 11.4. The second-order valence-corrected chi connectivity index (χ2v) is 3.77. The molecule has 16 heavy (non-hydrogen) atoms. The molecule has 0 saturated heterocycles. The van der Waals surface area contributed by atoms with E-state index >= 15 is 0 Å². The van der Waals surface area contributed by atoms with Gasteiger partial charge in [-0.2, -0.15) is 0 Å². The molecule has 84 valence electrons. The zero-order valence-electron chi connectivity index (χ0n) is 8.82. The van der Waals surface area contributed by atoms with Gasteiger partial charge >= 0.3 is 5.97 Å². The molecule has 2 rings (SSSR count). The van der Waals surface area contributed by atoms with E-state index in [9.17, 15) is 4.79 Å². The zero-order chi connectivity index (χ0) is 11.9. The Hall–Kier alpha value is -1.75. The van der Waals surface area contributed by atoms with Crippen LogP contribution in [0.3, 0.4) is 0 Å². The highest BCUT2D eigenvalue weighted by Gasteiger charge is 2.16. The first-order chi connectivity index (χ1) is 7.54. The Balaban J connectivity index is 2.79. The second kappa shape index (κ2) is 3.68. The van der Waals surface area contributed by atoms with E-state index in [0.717, 1.165) is 5.69 Å². The molecule has 0 saturated carbocycles. The van der Waals surface area contributed by atoms with E-state index in [1.54, 1.807) is 10.6 Å². The van der Waals surface area contributed by atoms with Gasteiger partial charge in [-0.3, -0.25) is 4.40 Å². The fourth-order valence-corrected chi connectivity index (χ4v) is 1.76. The van der Waals surface area contributed by atoms with Crippen LogP contribution in [0.1, 0.15) is 16.1 Å². The molecule has 0 aliphatic rings. The number of pyridine rings is 1. The number of nitrogens with two attached hydrogens (primary N) is 1. The molecule has 0 atom stereocenters. The molecular weight excluding hydrogens is 230 g/mol. The molecule has 0 aliphatic carbocycles. The number of halogens is 1. The van der Waals surface area contributed by atoms with Gasteiger partial charge in [-0.25, -0.2) is 9.78 Å². The molecule has 2 aromatic rings. The molecule has 0 aliphatic heterocycles. The van der Waals surface area contributed by atoms with E-state index in [-0.39, 0.29) is 11.4 Å². The predicted molar refractivity (Wildman–Crippen MR) is 60.7 cm³/mol. The van der Waals surface area contributed by atoms with E-state index in [2.05, 4.69) is 9.72 Å². The molecule has 5 nitrogen and oxygen atoms in total. The Bertz CT molecular complexity index is 577. The number of nitrogen functional groups attached to an aromatic ring is 1. The van der Waals surface area contributed by atoms with Crippen LogP contribution < -0.4 is 5.73 Å². The number of imidazole rings is 1. The lowest BCUT2D eigenvalue weighted by Crippen LogP contribution is -2.09. The molecule has 2 heterocycles. The fraction of sp³-hybridized carbons (Fsp3) is 0.200. The lowest BCUT2D eigenvalue weighted by atomic mass is 10.2. The predicted octanol–water partition coefficient (Wildman–Crippen LogP) is 1.66. The standard InChI is InChI=1S/C10H10ClN3O2/c1-5-4-14-8(12)6(10(15)16-2)3-7(11)9(14)13-5/h3-4H,12H2,1-2H3. The summed E-state index contributed by atoms with van der Waals surface area (Å²) in [5.74, 6) is -0.250. The smallest absolute Gasteiger partial charge is 0.341 e. The number of ether oxygens (including phenoxy) is 1. The minimum atomic E-state index is -0.521. The SMILES string of the molecule is COC(=O)c1cc(Cl)c2nc(C)cn2c1N. The average molecular weight is 240 g/mol. The first-order valence-electron chi connectivity index (χ1n) is 4.56. The molecule has 0 fully saturated rings. The van der Waals surface area contributed by atoms with E-state index < -0.39 is 5.97 Å². The van der Waals surface area contributed by atoms with Crippen LogP contribution >= 0.6 is 11.6 Å². The van der Waals surface area contributed by atoms with Gasteiger partial charge in [0, 0.05) is 6.20 Å². The summed E-state index contributed by atoms with van der Waals surface area (Å²) >= 11 is 6.00. The third-order valence-corrected chi connectivity index (χ3v) is 2.53. The second-order valence-electron chi connectivity index (χ2n) is 3.36. The maximum atomic E-state index is 11.4. The minimum Gasteiger partial charge on any atom is -0.465 e. The summed E-state index contributed by atoms with van der Waals surface area (Å²) in [6.45, 7) is 1.82. The van der Waals surface area contributed by atoms with Crippen LogP contribution in [0.5, 0.6) is 0 Å². The van der Waals surface area contributed by atoms with Gasteiger partial charge in [0.2, 0.25) is 0 Å². The summed E-state index contributed by atoms with van der Waals surface area (Å²) in [5.41, 5.74) is 7.38. The van der Waals surface area contributed by atoms with Crippen LogP contribution in [0.2, 0.25) is 5.02 Å². The number of fused-ring (bicyclic) bond motifs is 1.